The first-order valence-corrected chi connectivity index (χ1v) is 8.86. The van der Waals surface area contributed by atoms with Crippen LogP contribution in [0.3, 0.4) is 0 Å². The maximum atomic E-state index is 5.54. The van der Waals surface area contributed by atoms with E-state index in [1.807, 2.05) is 7.05 Å². The summed E-state index contributed by atoms with van der Waals surface area (Å²) in [6.45, 7) is 9.11. The lowest BCUT2D eigenvalue weighted by Crippen LogP contribution is -2.46. The summed E-state index contributed by atoms with van der Waals surface area (Å²) in [4.78, 5) is 4.27. The van der Waals surface area contributed by atoms with Crippen LogP contribution in [0.1, 0.15) is 52.4 Å². The Hall–Kier alpha value is -0.810. The number of nitrogens with zero attached hydrogens (tertiary/aromatic N) is 1. The van der Waals surface area contributed by atoms with Crippen LogP contribution < -0.4 is 10.6 Å². The van der Waals surface area contributed by atoms with Gasteiger partial charge in [-0.25, -0.2) is 0 Å². The van der Waals surface area contributed by atoms with Crippen molar-refractivity contribution in [3.63, 3.8) is 0 Å². The third-order valence-electron chi connectivity index (χ3n) is 4.57. The minimum absolute atomic E-state index is 0.504. The molecule has 0 aromatic rings. The fraction of sp³-hybridized carbons (Fsp3) is 0.941. The van der Waals surface area contributed by atoms with Crippen molar-refractivity contribution >= 4 is 5.96 Å². The van der Waals surface area contributed by atoms with Crippen molar-refractivity contribution in [1.29, 1.82) is 0 Å². The Labute approximate surface area is 136 Å². The zero-order valence-corrected chi connectivity index (χ0v) is 14.7. The highest BCUT2D eigenvalue weighted by molar-refractivity contribution is 5.79. The second kappa shape index (κ2) is 11.7. The summed E-state index contributed by atoms with van der Waals surface area (Å²) in [7, 11) is 1.82. The Morgan fingerprint density at radius 1 is 1.05 bits per heavy atom. The van der Waals surface area contributed by atoms with Gasteiger partial charge in [-0.1, -0.05) is 26.7 Å². The first kappa shape index (κ1) is 19.2. The van der Waals surface area contributed by atoms with Crippen LogP contribution in [0.5, 0.6) is 0 Å². The zero-order chi connectivity index (χ0) is 16.1. The predicted molar refractivity (Wildman–Crippen MR) is 92.5 cm³/mol. The Bertz CT molecular complexity index is 299. The molecule has 1 rings (SSSR count). The Morgan fingerprint density at radius 2 is 1.77 bits per heavy atom. The van der Waals surface area contributed by atoms with Crippen molar-refractivity contribution in [3.8, 4) is 0 Å². The maximum absolute atomic E-state index is 5.54. The lowest BCUT2D eigenvalue weighted by molar-refractivity contribution is 0.0487. The number of guanidine groups is 1. The molecule has 0 amide bonds. The molecule has 0 spiro atoms. The molecule has 22 heavy (non-hydrogen) atoms. The molecule has 1 aliphatic carbocycles. The average molecular weight is 313 g/mol. The Balaban J connectivity index is 1.98. The van der Waals surface area contributed by atoms with Gasteiger partial charge in [0.2, 0.25) is 0 Å². The van der Waals surface area contributed by atoms with Crippen molar-refractivity contribution in [2.24, 2.45) is 10.4 Å². The molecule has 130 valence electrons. The number of hydrogen-bond acceptors (Lipinski definition) is 3. The molecule has 0 unspecified atom stereocenters. The second-order valence-corrected chi connectivity index (χ2v) is 6.14. The maximum Gasteiger partial charge on any atom is 0.191 e. The summed E-state index contributed by atoms with van der Waals surface area (Å²) >= 11 is 0. The van der Waals surface area contributed by atoms with Crippen LogP contribution in [-0.2, 0) is 9.47 Å². The fourth-order valence-corrected chi connectivity index (χ4v) is 2.63. The van der Waals surface area contributed by atoms with E-state index in [0.29, 0.717) is 25.2 Å². The standard InChI is InChI=1S/C17H35N3O2/c1-4-6-11-21-13-14-22-12-10-19-16(18-3)20-15-17(5-2)8-7-9-17/h4-15H2,1-3H3,(H2,18,19,20). The van der Waals surface area contributed by atoms with Crippen LogP contribution in [0, 0.1) is 5.41 Å². The van der Waals surface area contributed by atoms with Gasteiger partial charge in [-0.05, 0) is 31.1 Å². The third kappa shape index (κ3) is 7.45. The average Bonchev–Trinajstić information content (AvgIpc) is 2.50. The van der Waals surface area contributed by atoms with E-state index in [-0.39, 0.29) is 0 Å². The molecule has 1 aliphatic rings. The van der Waals surface area contributed by atoms with E-state index in [1.54, 1.807) is 0 Å². The van der Waals surface area contributed by atoms with Gasteiger partial charge in [0.1, 0.15) is 0 Å². The Kier molecular flexibility index (Phi) is 10.2. The molecular weight excluding hydrogens is 278 g/mol. The number of nitrogens with one attached hydrogen (secondary N) is 2. The normalized spacial score (nSPS) is 17.1. The summed E-state index contributed by atoms with van der Waals surface area (Å²) in [5.41, 5.74) is 0.504. The lowest BCUT2D eigenvalue weighted by Gasteiger charge is -2.41. The van der Waals surface area contributed by atoms with E-state index >= 15 is 0 Å². The molecule has 5 heteroatoms. The summed E-state index contributed by atoms with van der Waals surface area (Å²) in [5.74, 6) is 0.877. The number of unbranched alkanes of at least 4 members (excludes halogenated alkanes) is 1. The van der Waals surface area contributed by atoms with E-state index in [1.165, 1.54) is 32.1 Å². The summed E-state index contributed by atoms with van der Waals surface area (Å²) < 4.78 is 11.0. The van der Waals surface area contributed by atoms with E-state index in [0.717, 1.165) is 32.1 Å². The molecular formula is C17H35N3O2. The van der Waals surface area contributed by atoms with Crippen LogP contribution in [0.15, 0.2) is 4.99 Å². The molecule has 0 aromatic carbocycles. The summed E-state index contributed by atoms with van der Waals surface area (Å²) in [6, 6.07) is 0. The minimum Gasteiger partial charge on any atom is -0.379 e. The quantitative estimate of drug-likeness (QED) is 0.330. The van der Waals surface area contributed by atoms with Gasteiger partial charge in [-0.3, -0.25) is 4.99 Å². The molecule has 0 aromatic heterocycles. The molecule has 5 nitrogen and oxygen atoms in total. The van der Waals surface area contributed by atoms with Crippen molar-refractivity contribution in [2.75, 3.05) is 46.6 Å². The summed E-state index contributed by atoms with van der Waals surface area (Å²) in [6.07, 6.45) is 7.61. The molecule has 0 radical (unpaired) electrons. The highest BCUT2D eigenvalue weighted by Gasteiger charge is 2.34. The molecule has 0 saturated heterocycles. The number of aliphatic imine (C=N–C) groups is 1. The minimum atomic E-state index is 0.504. The largest absolute Gasteiger partial charge is 0.379 e. The zero-order valence-electron chi connectivity index (χ0n) is 14.7. The highest BCUT2D eigenvalue weighted by Crippen LogP contribution is 2.42. The van der Waals surface area contributed by atoms with Gasteiger partial charge in [0.15, 0.2) is 5.96 Å². The molecule has 2 N–H and O–H groups in total. The lowest BCUT2D eigenvalue weighted by atomic mass is 9.67. The third-order valence-corrected chi connectivity index (χ3v) is 4.57. The van der Waals surface area contributed by atoms with Crippen LogP contribution in [0.25, 0.3) is 0 Å². The van der Waals surface area contributed by atoms with Gasteiger partial charge in [0, 0.05) is 26.7 Å². The number of ether oxygens (including phenoxy) is 2. The van der Waals surface area contributed by atoms with Crippen LogP contribution >= 0.6 is 0 Å². The number of hydrogen-bond donors (Lipinski definition) is 2. The summed E-state index contributed by atoms with van der Waals surface area (Å²) in [5, 5.41) is 6.75. The Morgan fingerprint density at radius 3 is 2.32 bits per heavy atom. The molecule has 1 fully saturated rings. The second-order valence-electron chi connectivity index (χ2n) is 6.14. The molecule has 0 bridgehead atoms. The molecule has 1 saturated carbocycles. The smallest absolute Gasteiger partial charge is 0.191 e. The topological polar surface area (TPSA) is 54.9 Å². The van der Waals surface area contributed by atoms with Gasteiger partial charge < -0.3 is 20.1 Å². The van der Waals surface area contributed by atoms with E-state index < -0.39 is 0 Å². The van der Waals surface area contributed by atoms with Gasteiger partial charge >= 0.3 is 0 Å². The fourth-order valence-electron chi connectivity index (χ4n) is 2.63. The van der Waals surface area contributed by atoms with Crippen molar-refractivity contribution in [1.82, 2.24) is 10.6 Å². The monoisotopic (exact) mass is 313 g/mol. The van der Waals surface area contributed by atoms with Gasteiger partial charge in [-0.15, -0.1) is 0 Å². The van der Waals surface area contributed by atoms with E-state index in [4.69, 9.17) is 9.47 Å². The highest BCUT2D eigenvalue weighted by atomic mass is 16.5. The predicted octanol–water partition coefficient (Wildman–Crippen LogP) is 2.57. The number of rotatable bonds is 12. The van der Waals surface area contributed by atoms with Gasteiger partial charge in [0.05, 0.1) is 19.8 Å². The van der Waals surface area contributed by atoms with E-state index in [9.17, 15) is 0 Å². The van der Waals surface area contributed by atoms with Crippen LogP contribution in [0.2, 0.25) is 0 Å². The van der Waals surface area contributed by atoms with Crippen LogP contribution in [0.4, 0.5) is 0 Å². The first-order valence-electron chi connectivity index (χ1n) is 8.86. The van der Waals surface area contributed by atoms with Crippen LogP contribution in [-0.4, -0.2) is 52.5 Å². The van der Waals surface area contributed by atoms with Crippen molar-refractivity contribution in [2.45, 2.75) is 52.4 Å². The van der Waals surface area contributed by atoms with Gasteiger partial charge in [-0.2, -0.15) is 0 Å². The molecule has 0 atom stereocenters. The first-order chi connectivity index (χ1) is 10.8. The van der Waals surface area contributed by atoms with Gasteiger partial charge in [0.25, 0.3) is 0 Å². The molecule has 0 aliphatic heterocycles. The SMILES string of the molecule is CCCCOCCOCCNC(=NC)NCC1(CC)CCC1. The van der Waals surface area contributed by atoms with Crippen molar-refractivity contribution in [3.05, 3.63) is 0 Å². The van der Waals surface area contributed by atoms with E-state index in [2.05, 4.69) is 29.5 Å². The van der Waals surface area contributed by atoms with Crippen molar-refractivity contribution < 1.29 is 9.47 Å². The molecule has 0 heterocycles.